The second kappa shape index (κ2) is 12.9. The van der Waals surface area contributed by atoms with Crippen LogP contribution in [-0.2, 0) is 9.47 Å². The fourth-order valence-electron chi connectivity index (χ4n) is 4.02. The molecule has 5 rings (SSSR count). The zero-order valence-corrected chi connectivity index (χ0v) is 22.5. The molecule has 11 nitrogen and oxygen atoms in total. The van der Waals surface area contributed by atoms with Crippen molar-refractivity contribution in [2.45, 2.75) is 19.7 Å². The summed E-state index contributed by atoms with van der Waals surface area (Å²) in [5, 5.41) is 6.99. The van der Waals surface area contributed by atoms with Crippen molar-refractivity contribution in [3.8, 4) is 22.8 Å². The number of H-pyrrole nitrogens is 1. The Balaban J connectivity index is 1.20. The lowest BCUT2D eigenvalue weighted by Gasteiger charge is -2.10. The van der Waals surface area contributed by atoms with Gasteiger partial charge in [-0.05, 0) is 47.9 Å². The molecule has 0 aliphatic carbocycles. The number of fused-ring (bicyclic) bond motifs is 2. The fourth-order valence-corrected chi connectivity index (χ4v) is 4.02. The SMILES string of the molecule is CCCOCCOCCOc1ccc2nc(C(=O)Nc3nc4ccc(-c5cccc(OC(F)(F)F)c5)cc4[nH]3)cn2n1. The van der Waals surface area contributed by atoms with Crippen LogP contribution in [0, 0.1) is 0 Å². The molecule has 0 spiro atoms. The van der Waals surface area contributed by atoms with Gasteiger partial charge >= 0.3 is 6.36 Å². The van der Waals surface area contributed by atoms with Gasteiger partial charge in [0.1, 0.15) is 18.1 Å². The number of nitrogens with one attached hydrogen (secondary N) is 2. The molecule has 3 heterocycles. The first kappa shape index (κ1) is 28.8. The Morgan fingerprint density at radius 3 is 2.55 bits per heavy atom. The first-order chi connectivity index (χ1) is 20.3. The van der Waals surface area contributed by atoms with Crippen molar-refractivity contribution in [1.29, 1.82) is 0 Å². The third-order valence-electron chi connectivity index (χ3n) is 5.84. The molecule has 0 saturated heterocycles. The highest BCUT2D eigenvalue weighted by molar-refractivity contribution is 6.03. The Morgan fingerprint density at radius 2 is 1.74 bits per heavy atom. The maximum atomic E-state index is 12.9. The maximum absolute atomic E-state index is 12.9. The second-order valence-electron chi connectivity index (χ2n) is 9.02. The normalized spacial score (nSPS) is 11.7. The third kappa shape index (κ3) is 7.53. The van der Waals surface area contributed by atoms with Gasteiger partial charge in [0, 0.05) is 12.7 Å². The van der Waals surface area contributed by atoms with Crippen LogP contribution in [0.25, 0.3) is 27.8 Å². The topological polar surface area (TPSA) is 125 Å². The van der Waals surface area contributed by atoms with Crippen LogP contribution in [0.3, 0.4) is 0 Å². The van der Waals surface area contributed by atoms with Crippen LogP contribution in [0.2, 0.25) is 0 Å². The van der Waals surface area contributed by atoms with E-state index in [0.29, 0.717) is 66.7 Å². The Labute approximate surface area is 237 Å². The Bertz CT molecular complexity index is 1670. The summed E-state index contributed by atoms with van der Waals surface area (Å²) in [5.74, 6) is -0.314. The molecular weight excluding hydrogens is 557 g/mol. The summed E-state index contributed by atoms with van der Waals surface area (Å²) in [7, 11) is 0. The van der Waals surface area contributed by atoms with E-state index in [0.717, 1.165) is 6.42 Å². The molecule has 5 aromatic rings. The van der Waals surface area contributed by atoms with E-state index in [1.807, 2.05) is 6.92 Å². The number of benzene rings is 2. The second-order valence-corrected chi connectivity index (χ2v) is 9.02. The molecule has 0 aliphatic heterocycles. The van der Waals surface area contributed by atoms with Gasteiger partial charge in [0.2, 0.25) is 11.8 Å². The van der Waals surface area contributed by atoms with Crippen molar-refractivity contribution in [3.05, 3.63) is 66.5 Å². The summed E-state index contributed by atoms with van der Waals surface area (Å²) in [6, 6.07) is 14.1. The number of carbonyl (C=O) groups excluding carboxylic acids is 1. The summed E-state index contributed by atoms with van der Waals surface area (Å²) in [4.78, 5) is 24.6. The van der Waals surface area contributed by atoms with E-state index < -0.39 is 12.3 Å². The van der Waals surface area contributed by atoms with E-state index in [-0.39, 0.29) is 17.4 Å². The minimum atomic E-state index is -4.79. The number of halogens is 3. The number of aromatic nitrogens is 5. The Hall–Kier alpha value is -4.69. The van der Waals surface area contributed by atoms with E-state index in [4.69, 9.17) is 14.2 Å². The Morgan fingerprint density at radius 1 is 0.952 bits per heavy atom. The maximum Gasteiger partial charge on any atom is 0.573 e. The number of amides is 1. The summed E-state index contributed by atoms with van der Waals surface area (Å²) < 4.78 is 59.7. The standard InChI is InChI=1S/C28H27F3N6O5/c1-2-10-39-11-12-40-13-14-41-25-9-8-24-32-23(17-37(24)36-25)26(38)35-27-33-21-7-6-19(16-22(21)34-27)18-4-3-5-20(15-18)42-28(29,30)31/h3-9,15-17H,2,10-14H2,1H3,(H2,33,34,35,38). The van der Waals surface area contributed by atoms with Gasteiger partial charge in [0.05, 0.1) is 37.1 Å². The predicted octanol–water partition coefficient (Wildman–Crippen LogP) is 5.25. The van der Waals surface area contributed by atoms with Crippen LogP contribution in [-0.4, -0.2) is 69.9 Å². The molecule has 2 N–H and O–H groups in total. The van der Waals surface area contributed by atoms with Gasteiger partial charge in [-0.2, -0.15) is 0 Å². The smallest absolute Gasteiger partial charge is 0.474 e. The van der Waals surface area contributed by atoms with E-state index in [1.54, 1.807) is 36.4 Å². The van der Waals surface area contributed by atoms with Crippen molar-refractivity contribution in [2.24, 2.45) is 0 Å². The molecule has 3 aromatic heterocycles. The molecule has 0 saturated carbocycles. The number of rotatable bonds is 13. The number of aromatic amines is 1. The van der Waals surface area contributed by atoms with Gasteiger partial charge in [-0.1, -0.05) is 25.1 Å². The van der Waals surface area contributed by atoms with Crippen molar-refractivity contribution in [1.82, 2.24) is 24.6 Å². The predicted molar refractivity (Wildman–Crippen MR) is 147 cm³/mol. The molecule has 14 heteroatoms. The van der Waals surface area contributed by atoms with E-state index in [2.05, 4.69) is 30.1 Å². The zero-order valence-electron chi connectivity index (χ0n) is 22.5. The van der Waals surface area contributed by atoms with Gasteiger partial charge < -0.3 is 23.9 Å². The molecule has 0 fully saturated rings. The van der Waals surface area contributed by atoms with Gasteiger partial charge in [-0.25, -0.2) is 14.5 Å². The van der Waals surface area contributed by atoms with E-state index in [1.165, 1.54) is 28.9 Å². The molecule has 0 atom stereocenters. The number of ether oxygens (including phenoxy) is 4. The highest BCUT2D eigenvalue weighted by Crippen LogP contribution is 2.29. The van der Waals surface area contributed by atoms with Crippen molar-refractivity contribution < 1.29 is 36.9 Å². The van der Waals surface area contributed by atoms with Gasteiger partial charge in [-0.15, -0.1) is 18.3 Å². The first-order valence-electron chi connectivity index (χ1n) is 13.1. The van der Waals surface area contributed by atoms with Gasteiger partial charge in [-0.3, -0.25) is 10.1 Å². The quantitative estimate of drug-likeness (QED) is 0.180. The Kier molecular flexibility index (Phi) is 8.83. The van der Waals surface area contributed by atoms with Crippen LogP contribution in [0.1, 0.15) is 23.8 Å². The average molecular weight is 585 g/mol. The zero-order chi connectivity index (χ0) is 29.5. The number of hydrogen-bond donors (Lipinski definition) is 2. The minimum Gasteiger partial charge on any atom is -0.474 e. The average Bonchev–Trinajstić information content (AvgIpc) is 3.56. The van der Waals surface area contributed by atoms with Crippen LogP contribution in [0.5, 0.6) is 11.6 Å². The van der Waals surface area contributed by atoms with E-state index >= 15 is 0 Å². The van der Waals surface area contributed by atoms with Gasteiger partial charge in [0.15, 0.2) is 5.65 Å². The lowest BCUT2D eigenvalue weighted by atomic mass is 10.0. The summed E-state index contributed by atoms with van der Waals surface area (Å²) >= 11 is 0. The lowest BCUT2D eigenvalue weighted by Crippen LogP contribution is -2.17. The van der Waals surface area contributed by atoms with Crippen LogP contribution in [0.4, 0.5) is 19.1 Å². The molecule has 0 radical (unpaired) electrons. The largest absolute Gasteiger partial charge is 0.573 e. The first-order valence-corrected chi connectivity index (χ1v) is 13.1. The minimum absolute atomic E-state index is 0.109. The molecule has 2 aromatic carbocycles. The number of nitrogens with zero attached hydrogens (tertiary/aromatic N) is 4. The summed E-state index contributed by atoms with van der Waals surface area (Å²) in [5.41, 5.74) is 2.83. The molecule has 1 amide bonds. The molecule has 0 aliphatic rings. The van der Waals surface area contributed by atoms with Crippen LogP contribution in [0.15, 0.2) is 60.8 Å². The third-order valence-corrected chi connectivity index (χ3v) is 5.84. The molecule has 0 bridgehead atoms. The molecule has 0 unspecified atom stereocenters. The number of anilines is 1. The monoisotopic (exact) mass is 584 g/mol. The summed E-state index contributed by atoms with van der Waals surface area (Å²) in [6.45, 7) is 4.45. The number of alkyl halides is 3. The number of hydrogen-bond acceptors (Lipinski definition) is 8. The van der Waals surface area contributed by atoms with Crippen LogP contribution >= 0.6 is 0 Å². The van der Waals surface area contributed by atoms with Crippen molar-refractivity contribution in [2.75, 3.05) is 38.4 Å². The lowest BCUT2D eigenvalue weighted by molar-refractivity contribution is -0.274. The highest BCUT2D eigenvalue weighted by Gasteiger charge is 2.31. The molecule has 220 valence electrons. The highest BCUT2D eigenvalue weighted by atomic mass is 19.4. The van der Waals surface area contributed by atoms with Crippen molar-refractivity contribution >= 4 is 28.5 Å². The molecule has 42 heavy (non-hydrogen) atoms. The summed E-state index contributed by atoms with van der Waals surface area (Å²) in [6.07, 6.45) is -2.36. The van der Waals surface area contributed by atoms with Gasteiger partial charge in [0.25, 0.3) is 5.91 Å². The molecular formula is C28H27F3N6O5. The number of imidazole rings is 2. The van der Waals surface area contributed by atoms with Crippen molar-refractivity contribution in [3.63, 3.8) is 0 Å². The van der Waals surface area contributed by atoms with Crippen LogP contribution < -0.4 is 14.8 Å². The fraction of sp³-hybridized carbons (Fsp3) is 0.286. The number of carbonyl (C=O) groups is 1. The van der Waals surface area contributed by atoms with E-state index in [9.17, 15) is 18.0 Å².